The number of carbonyl (C=O) groups excluding carboxylic acids is 2. The fourth-order valence-electron chi connectivity index (χ4n) is 3.31. The second-order valence-electron chi connectivity index (χ2n) is 7.86. The van der Waals surface area contributed by atoms with Crippen LogP contribution in [0.4, 0.5) is 21.0 Å². The quantitative estimate of drug-likeness (QED) is 0.311. The van der Waals surface area contributed by atoms with Gasteiger partial charge < -0.3 is 31.5 Å². The maximum Gasteiger partial charge on any atom is 0.319 e. The number of carbonyl (C=O) groups is 2. The van der Waals surface area contributed by atoms with Gasteiger partial charge >= 0.3 is 12.1 Å². The number of phenolic OH excluding ortho intramolecular Hbond substituents is 2. The first kappa shape index (κ1) is 23.5. The topological polar surface area (TPSA) is 123 Å². The molecule has 0 bridgehead atoms. The molecule has 3 rings (SSSR count). The Hall–Kier alpha value is -4.20. The number of urea groups is 2. The first-order valence-corrected chi connectivity index (χ1v) is 10.5. The molecule has 4 amide bonds. The molecule has 33 heavy (non-hydrogen) atoms. The summed E-state index contributed by atoms with van der Waals surface area (Å²) in [7, 11) is 0. The lowest BCUT2D eigenvalue weighted by molar-refractivity contribution is 0.248. The summed E-state index contributed by atoms with van der Waals surface area (Å²) >= 11 is 0. The minimum absolute atomic E-state index is 0.132. The Kier molecular flexibility index (Phi) is 7.40. The predicted octanol–water partition coefficient (Wildman–Crippen LogP) is 5.17. The van der Waals surface area contributed by atoms with Gasteiger partial charge in [-0.1, -0.05) is 30.3 Å². The largest absolute Gasteiger partial charge is 0.508 e. The van der Waals surface area contributed by atoms with E-state index in [1.807, 2.05) is 32.9 Å². The van der Waals surface area contributed by atoms with Crippen LogP contribution in [-0.2, 0) is 0 Å². The Labute approximate surface area is 192 Å². The van der Waals surface area contributed by atoms with Gasteiger partial charge in [0.25, 0.3) is 0 Å². The molecule has 8 heteroatoms. The molecule has 3 aromatic carbocycles. The van der Waals surface area contributed by atoms with Crippen molar-refractivity contribution in [3.8, 4) is 11.5 Å². The fourth-order valence-corrected chi connectivity index (χ4v) is 3.31. The second kappa shape index (κ2) is 10.4. The van der Waals surface area contributed by atoms with Crippen LogP contribution in [0.25, 0.3) is 0 Å². The van der Waals surface area contributed by atoms with Gasteiger partial charge in [0.15, 0.2) is 0 Å². The lowest BCUT2D eigenvalue weighted by Crippen LogP contribution is -2.32. The van der Waals surface area contributed by atoms with Crippen LogP contribution in [0.3, 0.4) is 0 Å². The summed E-state index contributed by atoms with van der Waals surface area (Å²) < 4.78 is 0. The lowest BCUT2D eigenvalue weighted by Gasteiger charge is -2.18. The number of benzene rings is 3. The van der Waals surface area contributed by atoms with E-state index in [1.165, 1.54) is 0 Å². The molecule has 8 nitrogen and oxygen atoms in total. The molecular weight excluding hydrogens is 420 g/mol. The zero-order valence-electron chi connectivity index (χ0n) is 18.7. The summed E-state index contributed by atoms with van der Waals surface area (Å²) in [6.45, 7) is 5.48. The van der Waals surface area contributed by atoms with Crippen molar-refractivity contribution in [1.82, 2.24) is 10.6 Å². The van der Waals surface area contributed by atoms with Crippen LogP contribution in [0, 0.1) is 6.92 Å². The number of nitrogens with one attached hydrogen (secondary N) is 4. The molecule has 0 aliphatic rings. The van der Waals surface area contributed by atoms with E-state index in [4.69, 9.17) is 0 Å². The van der Waals surface area contributed by atoms with Crippen molar-refractivity contribution in [2.24, 2.45) is 0 Å². The van der Waals surface area contributed by atoms with E-state index >= 15 is 0 Å². The number of amides is 4. The maximum atomic E-state index is 12.5. The van der Waals surface area contributed by atoms with Crippen molar-refractivity contribution in [2.45, 2.75) is 32.9 Å². The molecule has 0 unspecified atom stereocenters. The predicted molar refractivity (Wildman–Crippen MR) is 129 cm³/mol. The summed E-state index contributed by atoms with van der Waals surface area (Å²) in [6, 6.07) is 17.1. The van der Waals surface area contributed by atoms with Crippen LogP contribution in [0.15, 0.2) is 66.7 Å². The third kappa shape index (κ3) is 6.64. The average molecular weight is 449 g/mol. The van der Waals surface area contributed by atoms with E-state index < -0.39 is 12.1 Å². The van der Waals surface area contributed by atoms with Crippen LogP contribution in [0.2, 0.25) is 0 Å². The summed E-state index contributed by atoms with van der Waals surface area (Å²) in [4.78, 5) is 24.9. The molecule has 6 N–H and O–H groups in total. The van der Waals surface area contributed by atoms with Crippen LogP contribution in [0.1, 0.15) is 42.6 Å². The highest BCUT2D eigenvalue weighted by molar-refractivity contribution is 5.93. The van der Waals surface area contributed by atoms with Crippen molar-refractivity contribution in [2.75, 3.05) is 10.6 Å². The molecule has 172 valence electrons. The van der Waals surface area contributed by atoms with Crippen molar-refractivity contribution in [3.63, 3.8) is 0 Å². The van der Waals surface area contributed by atoms with Gasteiger partial charge in [-0.25, -0.2) is 9.59 Å². The third-order valence-corrected chi connectivity index (χ3v) is 5.18. The molecule has 0 saturated carbocycles. The molecule has 0 aromatic heterocycles. The Morgan fingerprint density at radius 1 is 0.727 bits per heavy atom. The highest BCUT2D eigenvalue weighted by atomic mass is 16.3. The standard InChI is InChI=1S/C25H28N4O4/c1-15-10-11-20(28-24(32)26-16(2)18-6-4-8-21(30)12-18)14-23(15)29-25(33)27-17(3)19-7-5-9-22(31)13-19/h4-14,16-17,30-31H,1-3H3,(H2,26,28,32)(H2,27,29,33)/t16-,17-/m0/s1. The zero-order valence-corrected chi connectivity index (χ0v) is 18.7. The summed E-state index contributed by atoms with van der Waals surface area (Å²) in [5, 5.41) is 30.4. The van der Waals surface area contributed by atoms with Gasteiger partial charge in [0, 0.05) is 11.4 Å². The molecule has 0 heterocycles. The Balaban J connectivity index is 1.60. The van der Waals surface area contributed by atoms with E-state index in [1.54, 1.807) is 54.6 Å². The van der Waals surface area contributed by atoms with Crippen LogP contribution >= 0.6 is 0 Å². The van der Waals surface area contributed by atoms with E-state index in [2.05, 4.69) is 21.3 Å². The van der Waals surface area contributed by atoms with Crippen molar-refractivity contribution in [1.29, 1.82) is 0 Å². The number of hydrogen-bond donors (Lipinski definition) is 6. The molecule has 3 aromatic rings. The van der Waals surface area contributed by atoms with E-state index in [0.29, 0.717) is 11.4 Å². The minimum Gasteiger partial charge on any atom is -0.508 e. The number of hydrogen-bond acceptors (Lipinski definition) is 4. The first-order chi connectivity index (χ1) is 15.7. The highest BCUT2D eigenvalue weighted by Crippen LogP contribution is 2.22. The van der Waals surface area contributed by atoms with E-state index in [0.717, 1.165) is 16.7 Å². The van der Waals surface area contributed by atoms with Gasteiger partial charge in [0.05, 0.1) is 12.1 Å². The van der Waals surface area contributed by atoms with Gasteiger partial charge in [0.2, 0.25) is 0 Å². The molecule has 0 aliphatic heterocycles. The third-order valence-electron chi connectivity index (χ3n) is 5.18. The van der Waals surface area contributed by atoms with Gasteiger partial charge in [-0.3, -0.25) is 0 Å². The molecular formula is C25H28N4O4. The number of phenols is 2. The fraction of sp³-hybridized carbons (Fsp3) is 0.200. The van der Waals surface area contributed by atoms with Gasteiger partial charge in [-0.2, -0.15) is 0 Å². The van der Waals surface area contributed by atoms with Gasteiger partial charge in [-0.15, -0.1) is 0 Å². The molecule has 2 atom stereocenters. The Morgan fingerprint density at radius 3 is 1.76 bits per heavy atom. The molecule has 0 aliphatic carbocycles. The second-order valence-corrected chi connectivity index (χ2v) is 7.86. The molecule has 0 saturated heterocycles. The Morgan fingerprint density at radius 2 is 1.24 bits per heavy atom. The lowest BCUT2D eigenvalue weighted by atomic mass is 10.1. The normalized spacial score (nSPS) is 12.3. The summed E-state index contributed by atoms with van der Waals surface area (Å²) in [5.41, 5.74) is 3.44. The van der Waals surface area contributed by atoms with Crippen molar-refractivity contribution < 1.29 is 19.8 Å². The monoisotopic (exact) mass is 448 g/mol. The minimum atomic E-state index is -0.414. The van der Waals surface area contributed by atoms with E-state index in [-0.39, 0.29) is 23.6 Å². The SMILES string of the molecule is Cc1ccc(NC(=O)N[C@@H](C)c2cccc(O)c2)cc1NC(=O)N[C@@H](C)c1cccc(O)c1. The zero-order chi connectivity index (χ0) is 24.0. The smallest absolute Gasteiger partial charge is 0.319 e. The van der Waals surface area contributed by atoms with Gasteiger partial charge in [0.1, 0.15) is 11.5 Å². The maximum absolute atomic E-state index is 12.5. The number of aryl methyl sites for hydroxylation is 1. The summed E-state index contributed by atoms with van der Waals surface area (Å²) in [5.74, 6) is 0.264. The van der Waals surface area contributed by atoms with Crippen molar-refractivity contribution in [3.05, 3.63) is 83.4 Å². The van der Waals surface area contributed by atoms with Gasteiger partial charge in [-0.05, 0) is 73.9 Å². The van der Waals surface area contributed by atoms with Crippen LogP contribution in [0.5, 0.6) is 11.5 Å². The van der Waals surface area contributed by atoms with E-state index in [9.17, 15) is 19.8 Å². The molecule has 0 spiro atoms. The Bertz CT molecular complexity index is 1150. The highest BCUT2D eigenvalue weighted by Gasteiger charge is 2.13. The molecule has 0 fully saturated rings. The number of rotatable bonds is 6. The van der Waals surface area contributed by atoms with Crippen molar-refractivity contribution >= 4 is 23.4 Å². The number of aromatic hydroxyl groups is 2. The van der Waals surface area contributed by atoms with Crippen LogP contribution in [-0.4, -0.2) is 22.3 Å². The van der Waals surface area contributed by atoms with Crippen LogP contribution < -0.4 is 21.3 Å². The molecule has 0 radical (unpaired) electrons. The first-order valence-electron chi connectivity index (χ1n) is 10.5. The average Bonchev–Trinajstić information content (AvgIpc) is 2.76. The number of anilines is 2. The summed E-state index contributed by atoms with van der Waals surface area (Å²) in [6.07, 6.45) is 0.